The van der Waals surface area contributed by atoms with Crippen LogP contribution >= 0.6 is 0 Å². The lowest BCUT2D eigenvalue weighted by Gasteiger charge is -2.21. The van der Waals surface area contributed by atoms with E-state index >= 15 is 0 Å². The molecule has 0 spiro atoms. The minimum Gasteiger partial charge on any atom is -0.355 e. The van der Waals surface area contributed by atoms with E-state index in [4.69, 9.17) is 0 Å². The van der Waals surface area contributed by atoms with Crippen molar-refractivity contribution in [3.05, 3.63) is 0 Å². The van der Waals surface area contributed by atoms with Crippen LogP contribution in [-0.4, -0.2) is 24.5 Å². The molecule has 1 aliphatic rings. The van der Waals surface area contributed by atoms with Crippen molar-refractivity contribution in [2.45, 2.75) is 78.3 Å². The second-order valence-electron chi connectivity index (χ2n) is 6.49. The first-order valence-electron chi connectivity index (χ1n) is 7.48. The summed E-state index contributed by atoms with van der Waals surface area (Å²) in [7, 11) is 0. The topological polar surface area (TPSA) is 41.1 Å². The lowest BCUT2D eigenvalue weighted by molar-refractivity contribution is -0.122. The Bertz CT molecular complexity index is 263. The van der Waals surface area contributed by atoms with E-state index in [2.05, 4.69) is 31.4 Å². The number of carbonyl (C=O) groups is 1. The van der Waals surface area contributed by atoms with Gasteiger partial charge < -0.3 is 10.6 Å². The smallest absolute Gasteiger partial charge is 0.236 e. The maximum atomic E-state index is 11.9. The van der Waals surface area contributed by atoms with Gasteiger partial charge in [-0.3, -0.25) is 4.79 Å². The van der Waals surface area contributed by atoms with E-state index in [1.807, 2.05) is 6.92 Å². The van der Waals surface area contributed by atoms with Gasteiger partial charge in [0.25, 0.3) is 0 Å². The Kier molecular flexibility index (Phi) is 6.13. The molecule has 0 aromatic carbocycles. The van der Waals surface area contributed by atoms with Crippen LogP contribution in [0.5, 0.6) is 0 Å². The first kappa shape index (κ1) is 15.5. The van der Waals surface area contributed by atoms with Crippen molar-refractivity contribution in [3.63, 3.8) is 0 Å². The number of unbranched alkanes of at least 4 members (excludes halogenated alkanes) is 2. The Morgan fingerprint density at radius 3 is 2.67 bits per heavy atom. The summed E-state index contributed by atoms with van der Waals surface area (Å²) >= 11 is 0. The van der Waals surface area contributed by atoms with Gasteiger partial charge in [-0.1, -0.05) is 33.6 Å². The van der Waals surface area contributed by atoms with E-state index in [-0.39, 0.29) is 11.9 Å². The third-order valence-electron chi connectivity index (χ3n) is 3.93. The van der Waals surface area contributed by atoms with E-state index in [1.54, 1.807) is 0 Å². The highest BCUT2D eigenvalue weighted by Crippen LogP contribution is 2.36. The fraction of sp³-hybridized carbons (Fsp3) is 0.933. The molecule has 1 fully saturated rings. The molecule has 0 aromatic heterocycles. The van der Waals surface area contributed by atoms with Crippen molar-refractivity contribution in [3.8, 4) is 0 Å². The Hall–Kier alpha value is -0.570. The summed E-state index contributed by atoms with van der Waals surface area (Å²) in [5.74, 6) is 0.149. The second kappa shape index (κ2) is 7.13. The molecule has 0 aromatic rings. The molecule has 0 aliphatic heterocycles. The third kappa shape index (κ3) is 5.38. The van der Waals surface area contributed by atoms with Crippen molar-refractivity contribution in [1.82, 2.24) is 10.6 Å². The molecule has 0 saturated heterocycles. The molecule has 0 radical (unpaired) electrons. The van der Waals surface area contributed by atoms with Crippen molar-refractivity contribution in [2.24, 2.45) is 5.41 Å². The van der Waals surface area contributed by atoms with E-state index in [0.29, 0.717) is 11.5 Å². The zero-order valence-electron chi connectivity index (χ0n) is 12.5. The first-order chi connectivity index (χ1) is 8.44. The van der Waals surface area contributed by atoms with E-state index in [0.717, 1.165) is 13.0 Å². The van der Waals surface area contributed by atoms with Crippen LogP contribution in [0.4, 0.5) is 0 Å². The molecule has 3 heteroatoms. The molecular weight excluding hydrogens is 224 g/mol. The van der Waals surface area contributed by atoms with E-state index < -0.39 is 0 Å². The molecule has 3 nitrogen and oxygen atoms in total. The molecule has 18 heavy (non-hydrogen) atoms. The van der Waals surface area contributed by atoms with Gasteiger partial charge in [-0.15, -0.1) is 0 Å². The van der Waals surface area contributed by atoms with Crippen LogP contribution in [0.3, 0.4) is 0 Å². The number of nitrogens with one attached hydrogen (secondary N) is 2. The van der Waals surface area contributed by atoms with Crippen LogP contribution in [0.1, 0.15) is 66.2 Å². The van der Waals surface area contributed by atoms with Crippen LogP contribution in [0.2, 0.25) is 0 Å². The lowest BCUT2D eigenvalue weighted by Crippen LogP contribution is -2.46. The Balaban J connectivity index is 2.19. The maximum absolute atomic E-state index is 11.9. The van der Waals surface area contributed by atoms with Crippen LogP contribution < -0.4 is 10.6 Å². The quantitative estimate of drug-likeness (QED) is 0.686. The maximum Gasteiger partial charge on any atom is 0.236 e. The molecule has 2 atom stereocenters. The lowest BCUT2D eigenvalue weighted by atomic mass is 9.92. The molecule has 1 aliphatic carbocycles. The SMILES string of the molecule is CCCCCNC(=O)C(C)NC1CCC(C)(C)C1. The fourth-order valence-electron chi connectivity index (χ4n) is 2.75. The predicted molar refractivity (Wildman–Crippen MR) is 76.6 cm³/mol. The van der Waals surface area contributed by atoms with Gasteiger partial charge in [0.15, 0.2) is 0 Å². The molecular formula is C15H30N2O. The molecule has 0 heterocycles. The summed E-state index contributed by atoms with van der Waals surface area (Å²) < 4.78 is 0. The monoisotopic (exact) mass is 254 g/mol. The molecule has 2 N–H and O–H groups in total. The van der Waals surface area contributed by atoms with Gasteiger partial charge in [-0.25, -0.2) is 0 Å². The first-order valence-corrected chi connectivity index (χ1v) is 7.48. The highest BCUT2D eigenvalue weighted by atomic mass is 16.2. The van der Waals surface area contributed by atoms with Gasteiger partial charge in [-0.2, -0.15) is 0 Å². The fourth-order valence-corrected chi connectivity index (χ4v) is 2.75. The minimum absolute atomic E-state index is 0.0643. The molecule has 2 unspecified atom stereocenters. The van der Waals surface area contributed by atoms with Gasteiger partial charge in [0.2, 0.25) is 5.91 Å². The number of rotatable bonds is 7. The number of hydrogen-bond donors (Lipinski definition) is 2. The molecule has 106 valence electrons. The summed E-state index contributed by atoms with van der Waals surface area (Å²) in [5.41, 5.74) is 0.439. The van der Waals surface area contributed by atoms with E-state index in [1.165, 1.54) is 32.1 Å². The van der Waals surface area contributed by atoms with Crippen LogP contribution in [0, 0.1) is 5.41 Å². The zero-order chi connectivity index (χ0) is 13.6. The van der Waals surface area contributed by atoms with Crippen LogP contribution in [0.15, 0.2) is 0 Å². The molecule has 1 saturated carbocycles. The van der Waals surface area contributed by atoms with Crippen LogP contribution in [-0.2, 0) is 4.79 Å². The summed E-state index contributed by atoms with van der Waals surface area (Å²) in [6.07, 6.45) is 7.11. The standard InChI is InChI=1S/C15H30N2O/c1-5-6-7-10-16-14(18)12(2)17-13-8-9-15(3,4)11-13/h12-13,17H,5-11H2,1-4H3,(H,16,18). The molecule has 0 bridgehead atoms. The van der Waals surface area contributed by atoms with Gasteiger partial charge in [0.05, 0.1) is 6.04 Å². The normalized spacial score (nSPS) is 23.9. The van der Waals surface area contributed by atoms with Crippen molar-refractivity contribution < 1.29 is 4.79 Å². The molecule has 1 amide bonds. The van der Waals surface area contributed by atoms with Crippen molar-refractivity contribution in [1.29, 1.82) is 0 Å². The summed E-state index contributed by atoms with van der Waals surface area (Å²) in [5, 5.41) is 6.47. The minimum atomic E-state index is -0.0643. The van der Waals surface area contributed by atoms with Gasteiger partial charge in [0, 0.05) is 12.6 Å². The Morgan fingerprint density at radius 2 is 2.11 bits per heavy atom. The van der Waals surface area contributed by atoms with Crippen LogP contribution in [0.25, 0.3) is 0 Å². The second-order valence-corrected chi connectivity index (χ2v) is 6.49. The van der Waals surface area contributed by atoms with Crippen molar-refractivity contribution in [2.75, 3.05) is 6.54 Å². The predicted octanol–water partition coefficient (Wildman–Crippen LogP) is 2.85. The zero-order valence-corrected chi connectivity index (χ0v) is 12.5. The number of amides is 1. The average molecular weight is 254 g/mol. The largest absolute Gasteiger partial charge is 0.355 e. The summed E-state index contributed by atoms with van der Waals surface area (Å²) in [4.78, 5) is 11.9. The van der Waals surface area contributed by atoms with Gasteiger partial charge in [0.1, 0.15) is 0 Å². The Morgan fingerprint density at radius 1 is 1.39 bits per heavy atom. The van der Waals surface area contributed by atoms with Gasteiger partial charge in [-0.05, 0) is 38.0 Å². The van der Waals surface area contributed by atoms with Gasteiger partial charge >= 0.3 is 0 Å². The molecule has 1 rings (SSSR count). The summed E-state index contributed by atoms with van der Waals surface area (Å²) in [6, 6.07) is 0.446. The highest BCUT2D eigenvalue weighted by molar-refractivity contribution is 5.81. The van der Waals surface area contributed by atoms with E-state index in [9.17, 15) is 4.79 Å². The summed E-state index contributed by atoms with van der Waals surface area (Å²) in [6.45, 7) is 9.58. The Labute approximate surface area is 112 Å². The number of carbonyl (C=O) groups excluding carboxylic acids is 1. The third-order valence-corrected chi connectivity index (χ3v) is 3.93. The highest BCUT2D eigenvalue weighted by Gasteiger charge is 2.32. The van der Waals surface area contributed by atoms with Crippen molar-refractivity contribution >= 4 is 5.91 Å². The number of hydrogen-bond acceptors (Lipinski definition) is 2. The average Bonchev–Trinajstić information content (AvgIpc) is 2.63.